The van der Waals surface area contributed by atoms with Crippen LogP contribution in [-0.4, -0.2) is 25.5 Å². The number of nitriles is 1. The fourth-order valence-corrected chi connectivity index (χ4v) is 2.95. The molecule has 1 atom stereocenters. The number of carboxylic acid groups (broad SMARTS) is 1. The lowest BCUT2D eigenvalue weighted by molar-refractivity contribution is -0.139. The van der Waals surface area contributed by atoms with Gasteiger partial charge in [-0.15, -0.1) is 0 Å². The normalized spacial score (nSPS) is 12.6. The maximum absolute atomic E-state index is 12.1. The van der Waals surface area contributed by atoms with E-state index in [2.05, 4.69) is 4.72 Å². The minimum absolute atomic E-state index is 0.0179. The van der Waals surface area contributed by atoms with Crippen LogP contribution in [-0.2, 0) is 14.8 Å². The Morgan fingerprint density at radius 1 is 1.47 bits per heavy atom. The predicted octanol–water partition coefficient (Wildman–Crippen LogP) is 1.09. The second-order valence-corrected chi connectivity index (χ2v) is 5.59. The maximum atomic E-state index is 12.1. The number of benzene rings is 1. The summed E-state index contributed by atoms with van der Waals surface area (Å²) in [6, 6.07) is 6.23. The largest absolute Gasteiger partial charge is 0.480 e. The Morgan fingerprint density at radius 2 is 2.11 bits per heavy atom. The van der Waals surface area contributed by atoms with Crippen molar-refractivity contribution >= 4 is 16.0 Å². The zero-order valence-electron chi connectivity index (χ0n) is 10.3. The smallest absolute Gasteiger partial charge is 0.321 e. The molecule has 0 radical (unpaired) electrons. The summed E-state index contributed by atoms with van der Waals surface area (Å²) in [4.78, 5) is 10.8. The molecule has 0 fully saturated rings. The van der Waals surface area contributed by atoms with Crippen molar-refractivity contribution in [2.45, 2.75) is 30.7 Å². The first kappa shape index (κ1) is 15.1. The van der Waals surface area contributed by atoms with Crippen molar-refractivity contribution in [3.63, 3.8) is 0 Å². The summed E-state index contributed by atoms with van der Waals surface area (Å²) < 4.78 is 26.3. The van der Waals surface area contributed by atoms with Crippen LogP contribution in [0.15, 0.2) is 29.2 Å². The lowest BCUT2D eigenvalue weighted by Crippen LogP contribution is -2.40. The molecule has 0 bridgehead atoms. The van der Waals surface area contributed by atoms with Gasteiger partial charge >= 0.3 is 5.97 Å². The van der Waals surface area contributed by atoms with Gasteiger partial charge in [0.25, 0.3) is 0 Å². The first-order chi connectivity index (χ1) is 8.92. The molecule has 0 amide bonds. The zero-order valence-corrected chi connectivity index (χ0v) is 11.1. The fraction of sp³-hybridized carbons (Fsp3) is 0.333. The van der Waals surface area contributed by atoms with E-state index in [1.54, 1.807) is 13.0 Å². The summed E-state index contributed by atoms with van der Waals surface area (Å²) in [7, 11) is -4.02. The Morgan fingerprint density at radius 3 is 2.63 bits per heavy atom. The minimum atomic E-state index is -4.02. The summed E-state index contributed by atoms with van der Waals surface area (Å²) in [6.07, 6.45) is 0.711. The molecule has 0 aliphatic heterocycles. The summed E-state index contributed by atoms with van der Waals surface area (Å²) >= 11 is 0. The van der Waals surface area contributed by atoms with Crippen LogP contribution < -0.4 is 4.72 Å². The molecule has 2 N–H and O–H groups in total. The molecule has 6 nitrogen and oxygen atoms in total. The predicted molar refractivity (Wildman–Crippen MR) is 67.8 cm³/mol. The third kappa shape index (κ3) is 3.77. The molecule has 0 aliphatic carbocycles. The monoisotopic (exact) mass is 282 g/mol. The van der Waals surface area contributed by atoms with E-state index >= 15 is 0 Å². The maximum Gasteiger partial charge on any atom is 0.321 e. The van der Waals surface area contributed by atoms with E-state index in [9.17, 15) is 13.2 Å². The number of rotatable bonds is 6. The standard InChI is InChI=1S/C12H14N2O4S/c1-2-5-10(12(15)16)14-19(17,18)11-7-4-3-6-9(11)8-13/h3-4,6-7,10,14H,2,5H2,1H3,(H,15,16)/t10-/m0/s1. The van der Waals surface area contributed by atoms with Gasteiger partial charge in [0.15, 0.2) is 0 Å². The number of aliphatic carboxylic acids is 1. The topological polar surface area (TPSA) is 107 Å². The van der Waals surface area contributed by atoms with Gasteiger partial charge in [0.05, 0.1) is 10.5 Å². The van der Waals surface area contributed by atoms with Crippen LogP contribution in [0.25, 0.3) is 0 Å². The number of nitrogens with zero attached hydrogens (tertiary/aromatic N) is 1. The molecule has 0 saturated carbocycles. The van der Waals surface area contributed by atoms with Gasteiger partial charge in [-0.05, 0) is 18.6 Å². The lowest BCUT2D eigenvalue weighted by atomic mass is 10.2. The quantitative estimate of drug-likeness (QED) is 0.812. The highest BCUT2D eigenvalue weighted by molar-refractivity contribution is 7.89. The van der Waals surface area contributed by atoms with Crippen molar-refractivity contribution in [3.05, 3.63) is 29.8 Å². The van der Waals surface area contributed by atoms with E-state index in [4.69, 9.17) is 10.4 Å². The average Bonchev–Trinajstić information content (AvgIpc) is 2.38. The van der Waals surface area contributed by atoms with E-state index in [0.717, 1.165) is 0 Å². The van der Waals surface area contributed by atoms with Gasteiger partial charge in [0, 0.05) is 0 Å². The van der Waals surface area contributed by atoms with Gasteiger partial charge in [0.1, 0.15) is 12.1 Å². The molecule has 0 heterocycles. The van der Waals surface area contributed by atoms with Crippen molar-refractivity contribution in [1.29, 1.82) is 5.26 Å². The molecule has 1 aromatic carbocycles. The number of carbonyl (C=O) groups is 1. The van der Waals surface area contributed by atoms with Crippen molar-refractivity contribution in [2.24, 2.45) is 0 Å². The summed E-state index contributed by atoms with van der Waals surface area (Å²) in [5, 5.41) is 17.8. The van der Waals surface area contributed by atoms with Gasteiger partial charge in [-0.25, -0.2) is 8.42 Å². The molecule has 0 aromatic heterocycles. The number of carboxylic acids is 1. The van der Waals surface area contributed by atoms with Crippen LogP contribution in [0.5, 0.6) is 0 Å². The third-order valence-corrected chi connectivity index (χ3v) is 4.00. The average molecular weight is 282 g/mol. The van der Waals surface area contributed by atoms with E-state index in [0.29, 0.717) is 6.42 Å². The van der Waals surface area contributed by atoms with Gasteiger partial charge in [0.2, 0.25) is 10.0 Å². The minimum Gasteiger partial charge on any atom is -0.480 e. The van der Waals surface area contributed by atoms with Crippen molar-refractivity contribution in [2.75, 3.05) is 0 Å². The van der Waals surface area contributed by atoms with Gasteiger partial charge in [-0.3, -0.25) is 4.79 Å². The Balaban J connectivity index is 3.11. The highest BCUT2D eigenvalue weighted by Crippen LogP contribution is 2.15. The fourth-order valence-electron chi connectivity index (χ4n) is 1.57. The Hall–Kier alpha value is -1.91. The van der Waals surface area contributed by atoms with Crippen molar-refractivity contribution < 1.29 is 18.3 Å². The number of sulfonamides is 1. The molecule has 0 unspecified atom stereocenters. The van der Waals surface area contributed by atoms with E-state index in [-0.39, 0.29) is 16.9 Å². The van der Waals surface area contributed by atoms with Gasteiger partial charge < -0.3 is 5.11 Å². The first-order valence-electron chi connectivity index (χ1n) is 5.66. The van der Waals surface area contributed by atoms with E-state index in [1.165, 1.54) is 24.3 Å². The van der Waals surface area contributed by atoms with Crippen LogP contribution in [0.4, 0.5) is 0 Å². The third-order valence-electron chi connectivity index (χ3n) is 2.47. The lowest BCUT2D eigenvalue weighted by Gasteiger charge is -2.14. The molecule has 1 aromatic rings. The van der Waals surface area contributed by atoms with E-state index in [1.807, 2.05) is 0 Å². The number of hydrogen-bond donors (Lipinski definition) is 2. The molecular weight excluding hydrogens is 268 g/mol. The number of hydrogen-bond acceptors (Lipinski definition) is 4. The number of nitrogens with one attached hydrogen (secondary N) is 1. The van der Waals surface area contributed by atoms with Gasteiger partial charge in [-0.2, -0.15) is 9.98 Å². The SMILES string of the molecule is CCC[C@H](NS(=O)(=O)c1ccccc1C#N)C(=O)O. The molecule has 7 heteroatoms. The highest BCUT2D eigenvalue weighted by atomic mass is 32.2. The first-order valence-corrected chi connectivity index (χ1v) is 7.15. The van der Waals surface area contributed by atoms with Crippen molar-refractivity contribution in [3.8, 4) is 6.07 Å². The van der Waals surface area contributed by atoms with Crippen LogP contribution in [0, 0.1) is 11.3 Å². The van der Waals surface area contributed by atoms with Crippen LogP contribution in [0.2, 0.25) is 0 Å². The summed E-state index contributed by atoms with van der Waals surface area (Å²) in [5.41, 5.74) is -0.0179. The van der Waals surface area contributed by atoms with Gasteiger partial charge in [-0.1, -0.05) is 25.5 Å². The van der Waals surface area contributed by atoms with Crippen molar-refractivity contribution in [1.82, 2.24) is 4.72 Å². The summed E-state index contributed by atoms with van der Waals surface area (Å²) in [5.74, 6) is -1.24. The van der Waals surface area contributed by atoms with Crippen LogP contribution in [0.3, 0.4) is 0 Å². The Bertz CT molecular complexity index is 604. The molecule has 1 rings (SSSR count). The second kappa shape index (κ2) is 6.31. The molecule has 0 spiro atoms. The molecule has 0 saturated heterocycles. The zero-order chi connectivity index (χ0) is 14.5. The highest BCUT2D eigenvalue weighted by Gasteiger charge is 2.26. The molecule has 19 heavy (non-hydrogen) atoms. The Kier molecular flexibility index (Phi) is 5.03. The molecular formula is C12H14N2O4S. The van der Waals surface area contributed by atoms with E-state index < -0.39 is 22.0 Å². The summed E-state index contributed by atoms with van der Waals surface area (Å²) in [6.45, 7) is 1.76. The molecule has 0 aliphatic rings. The van der Waals surface area contributed by atoms with Crippen LogP contribution in [0.1, 0.15) is 25.3 Å². The van der Waals surface area contributed by atoms with Crippen LogP contribution >= 0.6 is 0 Å². The molecule has 102 valence electrons. The second-order valence-electron chi connectivity index (χ2n) is 3.91. The Labute approximate surface area is 111 Å².